The Kier molecular flexibility index (Phi) is 7.47. The van der Waals surface area contributed by atoms with E-state index in [-0.39, 0.29) is 18.3 Å². The molecule has 0 unspecified atom stereocenters. The third kappa shape index (κ3) is 5.39. The molecule has 2 aromatic carbocycles. The first-order chi connectivity index (χ1) is 16.5. The van der Waals surface area contributed by atoms with Crippen LogP contribution in [0.15, 0.2) is 42.5 Å². The van der Waals surface area contributed by atoms with Crippen molar-refractivity contribution >= 4 is 11.6 Å². The second-order valence-electron chi connectivity index (χ2n) is 8.36. The molecule has 0 fully saturated rings. The second kappa shape index (κ2) is 10.7. The Morgan fingerprint density at radius 2 is 1.82 bits per heavy atom. The van der Waals surface area contributed by atoms with Crippen LogP contribution in [-0.4, -0.2) is 47.4 Å². The summed E-state index contributed by atoms with van der Waals surface area (Å²) in [6, 6.07) is 11.8. The van der Waals surface area contributed by atoms with Gasteiger partial charge in [-0.1, -0.05) is 0 Å². The molecule has 180 valence electrons. The van der Waals surface area contributed by atoms with Gasteiger partial charge in [0.15, 0.2) is 11.5 Å². The lowest BCUT2D eigenvalue weighted by Gasteiger charge is -2.17. The Morgan fingerprint density at radius 3 is 2.56 bits per heavy atom. The standard InChI is InChI=1S/C26H31FN4O3/c1-4-33-24-14-11-19(15-25(24)34-5-2)28-26(32)17-30(3)16-22-21-7-6-8-23(21)31(29-22)20-12-9-18(27)10-13-20/h9-15H,4-8,16-17H2,1-3H3,(H,28,32). The van der Waals surface area contributed by atoms with Crippen molar-refractivity contribution in [1.82, 2.24) is 14.7 Å². The molecule has 4 rings (SSSR count). The summed E-state index contributed by atoms with van der Waals surface area (Å²) in [5.74, 6) is 0.880. The largest absolute Gasteiger partial charge is 0.490 e. The maximum absolute atomic E-state index is 13.4. The first-order valence-electron chi connectivity index (χ1n) is 11.7. The van der Waals surface area contributed by atoms with E-state index in [0.717, 1.165) is 30.6 Å². The van der Waals surface area contributed by atoms with Crippen molar-refractivity contribution in [2.75, 3.05) is 32.1 Å². The maximum Gasteiger partial charge on any atom is 0.238 e. The molecule has 3 aromatic rings. The smallest absolute Gasteiger partial charge is 0.238 e. The number of amides is 1. The highest BCUT2D eigenvalue weighted by Gasteiger charge is 2.24. The van der Waals surface area contributed by atoms with E-state index in [1.807, 2.05) is 36.5 Å². The van der Waals surface area contributed by atoms with Gasteiger partial charge in [-0.25, -0.2) is 9.07 Å². The minimum absolute atomic E-state index is 0.122. The fourth-order valence-electron chi connectivity index (χ4n) is 4.32. The lowest BCUT2D eigenvalue weighted by atomic mass is 10.2. The molecule has 0 bridgehead atoms. The molecule has 0 radical (unpaired) electrons. The van der Waals surface area contributed by atoms with E-state index >= 15 is 0 Å². The second-order valence-corrected chi connectivity index (χ2v) is 8.36. The number of rotatable bonds is 10. The number of likely N-dealkylation sites (N-methyl/N-ethyl adjacent to an activating group) is 1. The van der Waals surface area contributed by atoms with Crippen molar-refractivity contribution in [3.8, 4) is 17.2 Å². The highest BCUT2D eigenvalue weighted by molar-refractivity contribution is 5.92. The van der Waals surface area contributed by atoms with Crippen molar-refractivity contribution in [2.24, 2.45) is 0 Å². The molecular weight excluding hydrogens is 435 g/mol. The molecule has 1 heterocycles. The summed E-state index contributed by atoms with van der Waals surface area (Å²) in [6.45, 7) is 5.64. The van der Waals surface area contributed by atoms with Gasteiger partial charge in [0.2, 0.25) is 5.91 Å². The number of aromatic nitrogens is 2. The van der Waals surface area contributed by atoms with Crippen LogP contribution in [0.1, 0.15) is 37.2 Å². The molecule has 0 spiro atoms. The van der Waals surface area contributed by atoms with Crippen molar-refractivity contribution in [2.45, 2.75) is 39.7 Å². The average Bonchev–Trinajstić information content (AvgIpc) is 3.40. The molecule has 1 aliphatic rings. The molecule has 1 amide bonds. The normalized spacial score (nSPS) is 12.6. The summed E-state index contributed by atoms with van der Waals surface area (Å²) in [5, 5.41) is 7.75. The summed E-state index contributed by atoms with van der Waals surface area (Å²) < 4.78 is 26.5. The maximum atomic E-state index is 13.4. The van der Waals surface area contributed by atoms with Gasteiger partial charge < -0.3 is 14.8 Å². The van der Waals surface area contributed by atoms with Crippen LogP contribution in [0.25, 0.3) is 5.69 Å². The van der Waals surface area contributed by atoms with Gasteiger partial charge >= 0.3 is 0 Å². The van der Waals surface area contributed by atoms with Crippen LogP contribution >= 0.6 is 0 Å². The molecule has 0 saturated carbocycles. The van der Waals surface area contributed by atoms with Crippen molar-refractivity contribution in [1.29, 1.82) is 0 Å². The van der Waals surface area contributed by atoms with E-state index in [2.05, 4.69) is 5.32 Å². The van der Waals surface area contributed by atoms with Crippen LogP contribution in [0, 0.1) is 5.82 Å². The quantitative estimate of drug-likeness (QED) is 0.481. The van der Waals surface area contributed by atoms with Crippen molar-refractivity contribution in [3.05, 3.63) is 65.2 Å². The van der Waals surface area contributed by atoms with E-state index in [1.54, 1.807) is 24.3 Å². The molecule has 1 N–H and O–H groups in total. The van der Waals surface area contributed by atoms with Gasteiger partial charge in [0.1, 0.15) is 5.82 Å². The number of nitrogens with zero attached hydrogens (tertiary/aromatic N) is 3. The van der Waals surface area contributed by atoms with Crippen LogP contribution in [0.3, 0.4) is 0 Å². The van der Waals surface area contributed by atoms with E-state index in [0.29, 0.717) is 36.9 Å². The lowest BCUT2D eigenvalue weighted by molar-refractivity contribution is -0.117. The molecular formula is C26H31FN4O3. The van der Waals surface area contributed by atoms with E-state index in [4.69, 9.17) is 14.6 Å². The zero-order chi connectivity index (χ0) is 24.1. The SMILES string of the molecule is CCOc1ccc(NC(=O)CN(C)Cc2nn(-c3ccc(F)cc3)c3c2CCC3)cc1OCC. The van der Waals surface area contributed by atoms with Gasteiger partial charge in [0, 0.05) is 24.0 Å². The fourth-order valence-corrected chi connectivity index (χ4v) is 4.32. The number of anilines is 1. The van der Waals surface area contributed by atoms with Gasteiger partial charge in [0.25, 0.3) is 0 Å². The number of benzene rings is 2. The number of carbonyl (C=O) groups excluding carboxylic acids is 1. The van der Waals surface area contributed by atoms with Crippen molar-refractivity contribution < 1.29 is 18.7 Å². The Morgan fingerprint density at radius 1 is 1.09 bits per heavy atom. The number of nitrogens with one attached hydrogen (secondary N) is 1. The molecule has 1 aromatic heterocycles. The molecule has 0 aliphatic heterocycles. The summed E-state index contributed by atoms with van der Waals surface area (Å²) in [5.41, 5.74) is 4.90. The number of fused-ring (bicyclic) bond motifs is 1. The van der Waals surface area contributed by atoms with E-state index < -0.39 is 0 Å². The molecule has 0 atom stereocenters. The van der Waals surface area contributed by atoms with Gasteiger partial charge in [0.05, 0.1) is 31.1 Å². The highest BCUT2D eigenvalue weighted by atomic mass is 19.1. The first kappa shape index (κ1) is 23.8. The van der Waals surface area contributed by atoms with Crippen LogP contribution in [0.2, 0.25) is 0 Å². The third-order valence-corrected chi connectivity index (χ3v) is 5.74. The Balaban J connectivity index is 1.42. The molecule has 0 saturated heterocycles. The number of ether oxygens (including phenoxy) is 2. The van der Waals surface area contributed by atoms with E-state index in [9.17, 15) is 9.18 Å². The zero-order valence-corrected chi connectivity index (χ0v) is 19.9. The van der Waals surface area contributed by atoms with Gasteiger partial charge in [-0.2, -0.15) is 5.10 Å². The van der Waals surface area contributed by atoms with Crippen molar-refractivity contribution in [3.63, 3.8) is 0 Å². The monoisotopic (exact) mass is 466 g/mol. The lowest BCUT2D eigenvalue weighted by Crippen LogP contribution is -2.30. The number of hydrogen-bond donors (Lipinski definition) is 1. The molecule has 7 nitrogen and oxygen atoms in total. The van der Waals surface area contributed by atoms with Gasteiger partial charge in [-0.05, 0) is 82.1 Å². The Hall–Kier alpha value is -3.39. The van der Waals surface area contributed by atoms with Crippen LogP contribution in [0.4, 0.5) is 10.1 Å². The Bertz CT molecular complexity index is 1140. The Labute approximate surface area is 199 Å². The average molecular weight is 467 g/mol. The van der Waals surface area contributed by atoms with Gasteiger partial charge in [-0.3, -0.25) is 9.69 Å². The molecule has 8 heteroatoms. The minimum atomic E-state index is -0.264. The zero-order valence-electron chi connectivity index (χ0n) is 19.9. The number of halogens is 1. The van der Waals surface area contributed by atoms with Gasteiger partial charge in [-0.15, -0.1) is 0 Å². The molecule has 34 heavy (non-hydrogen) atoms. The first-order valence-corrected chi connectivity index (χ1v) is 11.7. The van der Waals surface area contributed by atoms with Crippen LogP contribution in [-0.2, 0) is 24.2 Å². The third-order valence-electron chi connectivity index (χ3n) is 5.74. The summed E-state index contributed by atoms with van der Waals surface area (Å²) in [4.78, 5) is 14.6. The van der Waals surface area contributed by atoms with Crippen LogP contribution in [0.5, 0.6) is 11.5 Å². The predicted octanol–water partition coefficient (Wildman–Crippen LogP) is 4.37. The summed E-state index contributed by atoms with van der Waals surface area (Å²) >= 11 is 0. The minimum Gasteiger partial charge on any atom is -0.490 e. The molecule has 1 aliphatic carbocycles. The summed E-state index contributed by atoms with van der Waals surface area (Å²) in [7, 11) is 1.90. The number of hydrogen-bond acceptors (Lipinski definition) is 5. The fraction of sp³-hybridized carbons (Fsp3) is 0.385. The predicted molar refractivity (Wildman–Crippen MR) is 129 cm³/mol. The topological polar surface area (TPSA) is 68.6 Å². The summed E-state index contributed by atoms with van der Waals surface area (Å²) in [6.07, 6.45) is 2.99. The number of carbonyl (C=O) groups is 1. The highest BCUT2D eigenvalue weighted by Crippen LogP contribution is 2.31. The van der Waals surface area contributed by atoms with Crippen LogP contribution < -0.4 is 14.8 Å². The van der Waals surface area contributed by atoms with E-state index in [1.165, 1.54) is 23.4 Å².